The molecular formula is C20H32O2Si. The average molecular weight is 333 g/mol. The fraction of sp³-hybridized carbons (Fsp3) is 0.800. The highest BCUT2D eigenvalue weighted by Gasteiger charge is 2.42. The Balaban J connectivity index is 1.30. The third kappa shape index (κ3) is 3.12. The van der Waals surface area contributed by atoms with Gasteiger partial charge >= 0.3 is 8.56 Å². The molecule has 0 aliphatic heterocycles. The maximum Gasteiger partial charge on any atom is 0.337 e. The molecule has 4 aliphatic carbocycles. The summed E-state index contributed by atoms with van der Waals surface area (Å²) in [6.07, 6.45) is 18.1. The van der Waals surface area contributed by atoms with E-state index in [2.05, 4.69) is 24.3 Å². The van der Waals surface area contributed by atoms with Gasteiger partial charge in [0.05, 0.1) is 0 Å². The van der Waals surface area contributed by atoms with Crippen molar-refractivity contribution in [3.8, 4) is 0 Å². The van der Waals surface area contributed by atoms with Crippen molar-refractivity contribution in [2.24, 2.45) is 35.5 Å². The molecule has 0 spiro atoms. The largest absolute Gasteiger partial charge is 0.398 e. The summed E-state index contributed by atoms with van der Waals surface area (Å²) in [4.78, 5) is 0. The molecule has 0 aromatic carbocycles. The molecule has 0 aromatic rings. The summed E-state index contributed by atoms with van der Waals surface area (Å²) in [7, 11) is 1.82. The van der Waals surface area contributed by atoms with Crippen LogP contribution < -0.4 is 0 Å². The second-order valence-electron chi connectivity index (χ2n) is 8.48. The van der Waals surface area contributed by atoms with Crippen molar-refractivity contribution in [2.75, 3.05) is 14.2 Å². The molecule has 4 rings (SSSR count). The smallest absolute Gasteiger partial charge is 0.337 e. The SMILES string of the molecule is CO[Si](CCC1CC2C=CC1C2)(CCC1CC2C=CC1C2)OC. The van der Waals surface area contributed by atoms with Crippen molar-refractivity contribution in [1.29, 1.82) is 0 Å². The summed E-state index contributed by atoms with van der Waals surface area (Å²) in [5.74, 6) is 5.27. The van der Waals surface area contributed by atoms with Crippen LogP contribution in [0.3, 0.4) is 0 Å². The highest BCUT2D eigenvalue weighted by Crippen LogP contribution is 2.48. The molecule has 6 unspecified atom stereocenters. The van der Waals surface area contributed by atoms with E-state index in [1.807, 2.05) is 14.2 Å². The van der Waals surface area contributed by atoms with Crippen molar-refractivity contribution < 1.29 is 8.85 Å². The van der Waals surface area contributed by atoms with E-state index >= 15 is 0 Å². The van der Waals surface area contributed by atoms with Gasteiger partial charge in [-0.05, 0) is 86.1 Å². The lowest BCUT2D eigenvalue weighted by molar-refractivity contribution is 0.230. The molecule has 23 heavy (non-hydrogen) atoms. The lowest BCUT2D eigenvalue weighted by Crippen LogP contribution is -2.41. The second-order valence-corrected chi connectivity index (χ2v) is 12.1. The molecule has 0 saturated heterocycles. The third-order valence-electron chi connectivity index (χ3n) is 7.37. The summed E-state index contributed by atoms with van der Waals surface area (Å²) < 4.78 is 12.1. The number of hydrogen-bond donors (Lipinski definition) is 0. The molecule has 0 heterocycles. The van der Waals surface area contributed by atoms with Crippen LogP contribution in [0.5, 0.6) is 0 Å². The van der Waals surface area contributed by atoms with Crippen LogP contribution in [0.1, 0.15) is 38.5 Å². The molecule has 0 amide bonds. The quantitative estimate of drug-likeness (QED) is 0.464. The van der Waals surface area contributed by atoms with Crippen molar-refractivity contribution in [3.63, 3.8) is 0 Å². The molecule has 6 atom stereocenters. The van der Waals surface area contributed by atoms with Crippen molar-refractivity contribution in [3.05, 3.63) is 24.3 Å². The zero-order valence-corrected chi connectivity index (χ0v) is 15.7. The van der Waals surface area contributed by atoms with Gasteiger partial charge in [-0.3, -0.25) is 0 Å². The molecule has 0 aromatic heterocycles. The Kier molecular flexibility index (Phi) is 4.55. The van der Waals surface area contributed by atoms with Crippen molar-refractivity contribution >= 4 is 8.56 Å². The van der Waals surface area contributed by atoms with Gasteiger partial charge in [-0.2, -0.15) is 0 Å². The standard InChI is InChI=1S/C20H32O2Si/c1-21-23(22-2,9-7-19-13-15-3-5-17(19)11-15)10-8-20-14-16-4-6-18(20)12-16/h3-6,15-20H,7-14H2,1-2H3. The Morgan fingerprint density at radius 3 is 1.52 bits per heavy atom. The predicted octanol–water partition coefficient (Wildman–Crippen LogP) is 4.93. The van der Waals surface area contributed by atoms with Crippen molar-refractivity contribution in [2.45, 2.75) is 50.6 Å². The Morgan fingerprint density at radius 2 is 1.22 bits per heavy atom. The number of fused-ring (bicyclic) bond motifs is 4. The number of rotatable bonds is 8. The monoisotopic (exact) mass is 332 g/mol. The van der Waals surface area contributed by atoms with Crippen LogP contribution in [0, 0.1) is 35.5 Å². The van der Waals surface area contributed by atoms with E-state index in [4.69, 9.17) is 8.85 Å². The maximum atomic E-state index is 6.05. The average Bonchev–Trinajstić information content (AvgIpc) is 3.36. The second kappa shape index (κ2) is 6.49. The molecule has 128 valence electrons. The lowest BCUT2D eigenvalue weighted by Gasteiger charge is -2.31. The maximum absolute atomic E-state index is 6.05. The van der Waals surface area contributed by atoms with E-state index in [0.29, 0.717) is 0 Å². The lowest BCUT2D eigenvalue weighted by atomic mass is 9.91. The number of allylic oxidation sites excluding steroid dienone is 4. The highest BCUT2D eigenvalue weighted by atomic mass is 28.4. The third-order valence-corrected chi connectivity index (χ3v) is 11.0. The van der Waals surface area contributed by atoms with E-state index in [1.165, 1.54) is 50.6 Å². The Hall–Kier alpha value is -0.383. The Labute approximate surface area is 142 Å². The molecular weight excluding hydrogens is 300 g/mol. The first-order valence-electron chi connectivity index (χ1n) is 9.68. The Morgan fingerprint density at radius 1 is 0.739 bits per heavy atom. The van der Waals surface area contributed by atoms with Gasteiger partial charge in [0.1, 0.15) is 0 Å². The summed E-state index contributed by atoms with van der Waals surface area (Å²) in [6, 6.07) is 2.39. The van der Waals surface area contributed by atoms with Gasteiger partial charge < -0.3 is 8.85 Å². The highest BCUT2D eigenvalue weighted by molar-refractivity contribution is 6.67. The zero-order chi connectivity index (χ0) is 15.9. The molecule has 2 saturated carbocycles. The molecule has 4 bridgehead atoms. The minimum Gasteiger partial charge on any atom is -0.398 e. The van der Waals surface area contributed by atoms with Crippen LogP contribution in [0.2, 0.25) is 12.1 Å². The van der Waals surface area contributed by atoms with Crippen molar-refractivity contribution in [1.82, 2.24) is 0 Å². The fourth-order valence-corrected chi connectivity index (χ4v) is 8.73. The van der Waals surface area contributed by atoms with E-state index in [1.54, 1.807) is 0 Å². The molecule has 0 N–H and O–H groups in total. The Bertz CT molecular complexity index is 442. The van der Waals surface area contributed by atoms with E-state index in [0.717, 1.165) is 35.5 Å². The fourth-order valence-electron chi connectivity index (χ4n) is 5.88. The minimum absolute atomic E-state index is 0.858. The van der Waals surface area contributed by atoms with E-state index in [9.17, 15) is 0 Å². The molecule has 3 heteroatoms. The molecule has 0 radical (unpaired) electrons. The summed E-state index contributed by atoms with van der Waals surface area (Å²) in [5, 5.41) is 0. The van der Waals surface area contributed by atoms with Gasteiger partial charge in [0.25, 0.3) is 0 Å². The minimum atomic E-state index is -1.98. The van der Waals surface area contributed by atoms with Gasteiger partial charge in [-0.25, -0.2) is 0 Å². The molecule has 2 nitrogen and oxygen atoms in total. The van der Waals surface area contributed by atoms with Gasteiger partial charge in [0.2, 0.25) is 0 Å². The molecule has 2 fully saturated rings. The summed E-state index contributed by atoms with van der Waals surface area (Å²) >= 11 is 0. The molecule has 4 aliphatic rings. The normalized spacial score (nSPS) is 40.6. The summed E-state index contributed by atoms with van der Waals surface area (Å²) in [5.41, 5.74) is 0. The van der Waals surface area contributed by atoms with Crippen LogP contribution >= 0.6 is 0 Å². The van der Waals surface area contributed by atoms with Crippen LogP contribution in [-0.4, -0.2) is 22.8 Å². The van der Waals surface area contributed by atoms with Gasteiger partial charge in [0.15, 0.2) is 0 Å². The van der Waals surface area contributed by atoms with Crippen LogP contribution in [0.25, 0.3) is 0 Å². The van der Waals surface area contributed by atoms with Crippen LogP contribution in [0.15, 0.2) is 24.3 Å². The first-order chi connectivity index (χ1) is 11.2. The first-order valence-corrected chi connectivity index (χ1v) is 11.9. The van der Waals surface area contributed by atoms with E-state index in [-0.39, 0.29) is 0 Å². The summed E-state index contributed by atoms with van der Waals surface area (Å²) in [6.45, 7) is 0. The topological polar surface area (TPSA) is 18.5 Å². The van der Waals surface area contributed by atoms with E-state index < -0.39 is 8.56 Å². The van der Waals surface area contributed by atoms with Gasteiger partial charge in [0, 0.05) is 14.2 Å². The van der Waals surface area contributed by atoms with Crippen LogP contribution in [-0.2, 0) is 8.85 Å². The predicted molar refractivity (Wildman–Crippen MR) is 96.3 cm³/mol. The van der Waals surface area contributed by atoms with Gasteiger partial charge in [-0.15, -0.1) is 0 Å². The zero-order valence-electron chi connectivity index (χ0n) is 14.7. The van der Waals surface area contributed by atoms with Gasteiger partial charge in [-0.1, -0.05) is 24.3 Å². The number of hydrogen-bond acceptors (Lipinski definition) is 2. The van der Waals surface area contributed by atoms with Crippen LogP contribution in [0.4, 0.5) is 0 Å². The first kappa shape index (κ1) is 16.1.